The Balaban J connectivity index is 1.98. The Kier molecular flexibility index (Phi) is 3.88. The lowest BCUT2D eigenvalue weighted by Crippen LogP contribution is -2.15. The average molecular weight is 314 g/mol. The van der Waals surface area contributed by atoms with E-state index in [0.29, 0.717) is 15.4 Å². The Hall–Kier alpha value is -2.67. The molecule has 0 bridgehead atoms. The van der Waals surface area contributed by atoms with Gasteiger partial charge in [-0.25, -0.2) is 19.3 Å². The summed E-state index contributed by atoms with van der Waals surface area (Å²) >= 11 is 1.27. The minimum absolute atomic E-state index is 0.167. The summed E-state index contributed by atoms with van der Waals surface area (Å²) in [5, 5.41) is 3.24. The fourth-order valence-electron chi connectivity index (χ4n) is 1.93. The van der Waals surface area contributed by atoms with Gasteiger partial charge < -0.3 is 0 Å². The number of hydrogen-bond donors (Lipinski definition) is 1. The van der Waals surface area contributed by atoms with Crippen LogP contribution in [0.2, 0.25) is 0 Å². The van der Waals surface area contributed by atoms with Gasteiger partial charge in [0.2, 0.25) is 5.95 Å². The molecule has 1 amide bonds. The molecular formula is C15H11FN4OS. The second-order valence-electron chi connectivity index (χ2n) is 4.42. The number of thiazole rings is 1. The minimum Gasteiger partial charge on any atom is -0.289 e. The largest absolute Gasteiger partial charge is 0.289 e. The monoisotopic (exact) mass is 314 g/mol. The number of carbonyl (C=O) groups is 1. The SMILES string of the molecule is Cc1nc(C(=O)Nc2ncccn2)c(-c2ccccc2F)s1. The Morgan fingerprint density at radius 1 is 1.18 bits per heavy atom. The lowest BCUT2D eigenvalue weighted by molar-refractivity contribution is 0.102. The van der Waals surface area contributed by atoms with Gasteiger partial charge in [-0.15, -0.1) is 11.3 Å². The first kappa shape index (κ1) is 14.3. The number of nitrogens with one attached hydrogen (secondary N) is 1. The molecule has 0 saturated heterocycles. The van der Waals surface area contributed by atoms with Crippen LogP contribution in [0.3, 0.4) is 0 Å². The fourth-order valence-corrected chi connectivity index (χ4v) is 2.88. The van der Waals surface area contributed by atoms with Gasteiger partial charge in [0.05, 0.1) is 9.88 Å². The van der Waals surface area contributed by atoms with Crippen molar-refractivity contribution in [2.45, 2.75) is 6.92 Å². The molecule has 2 heterocycles. The number of aromatic nitrogens is 3. The lowest BCUT2D eigenvalue weighted by atomic mass is 10.1. The molecule has 0 radical (unpaired) electrons. The number of benzene rings is 1. The molecule has 110 valence electrons. The Bertz CT molecular complexity index is 819. The van der Waals surface area contributed by atoms with Gasteiger partial charge >= 0.3 is 0 Å². The third-order valence-electron chi connectivity index (χ3n) is 2.86. The standard InChI is InChI=1S/C15H11FN4OS/c1-9-19-12(14(21)20-15-17-7-4-8-18-15)13(22-9)10-5-2-3-6-11(10)16/h2-8H,1H3,(H,17,18,20,21). The molecule has 0 atom stereocenters. The van der Waals surface area contributed by atoms with E-state index in [2.05, 4.69) is 20.3 Å². The molecule has 0 aliphatic rings. The average Bonchev–Trinajstić information content (AvgIpc) is 2.90. The molecule has 0 fully saturated rings. The van der Waals surface area contributed by atoms with Crippen molar-refractivity contribution in [3.05, 3.63) is 59.2 Å². The summed E-state index contributed by atoms with van der Waals surface area (Å²) in [7, 11) is 0. The quantitative estimate of drug-likeness (QED) is 0.805. The van der Waals surface area contributed by atoms with E-state index in [1.54, 1.807) is 31.2 Å². The van der Waals surface area contributed by atoms with Crippen LogP contribution in [0.1, 0.15) is 15.5 Å². The van der Waals surface area contributed by atoms with Crippen LogP contribution in [0.4, 0.5) is 10.3 Å². The number of carbonyl (C=O) groups excluding carboxylic acids is 1. The molecule has 0 aliphatic carbocycles. The van der Waals surface area contributed by atoms with Gasteiger partial charge in [-0.3, -0.25) is 10.1 Å². The Labute approximate surface area is 129 Å². The number of amides is 1. The fraction of sp³-hybridized carbons (Fsp3) is 0.0667. The maximum absolute atomic E-state index is 14.0. The van der Waals surface area contributed by atoms with Crippen LogP contribution >= 0.6 is 11.3 Å². The zero-order valence-electron chi connectivity index (χ0n) is 11.6. The van der Waals surface area contributed by atoms with Crippen molar-refractivity contribution in [3.63, 3.8) is 0 Å². The first-order valence-corrected chi connectivity index (χ1v) is 7.27. The summed E-state index contributed by atoms with van der Waals surface area (Å²) in [5.74, 6) is -0.678. The third kappa shape index (κ3) is 2.84. The van der Waals surface area contributed by atoms with Crippen LogP contribution in [0.15, 0.2) is 42.7 Å². The summed E-state index contributed by atoms with van der Waals surface area (Å²) in [4.78, 5) is 24.9. The zero-order chi connectivity index (χ0) is 15.5. The highest BCUT2D eigenvalue weighted by molar-refractivity contribution is 7.15. The van der Waals surface area contributed by atoms with Gasteiger partial charge in [-0.2, -0.15) is 0 Å². The molecular weight excluding hydrogens is 303 g/mol. The number of hydrogen-bond acceptors (Lipinski definition) is 5. The Morgan fingerprint density at radius 2 is 1.91 bits per heavy atom. The van der Waals surface area contributed by atoms with E-state index in [-0.39, 0.29) is 11.6 Å². The summed E-state index contributed by atoms with van der Waals surface area (Å²) in [5.41, 5.74) is 0.521. The highest BCUT2D eigenvalue weighted by Gasteiger charge is 2.21. The van der Waals surface area contributed by atoms with Gasteiger partial charge in [0.1, 0.15) is 11.5 Å². The summed E-state index contributed by atoms with van der Waals surface area (Å²) in [6, 6.07) is 7.94. The molecule has 3 aromatic rings. The predicted octanol–water partition coefficient (Wildman–Crippen LogP) is 3.30. The number of anilines is 1. The second kappa shape index (κ2) is 5.98. The van der Waals surface area contributed by atoms with Crippen molar-refractivity contribution in [2.75, 3.05) is 5.32 Å². The topological polar surface area (TPSA) is 67.8 Å². The van der Waals surface area contributed by atoms with Crippen molar-refractivity contribution < 1.29 is 9.18 Å². The molecule has 1 N–H and O–H groups in total. The van der Waals surface area contributed by atoms with Crippen LogP contribution in [0.25, 0.3) is 10.4 Å². The number of nitrogens with zero attached hydrogens (tertiary/aromatic N) is 3. The molecule has 0 saturated carbocycles. The normalized spacial score (nSPS) is 10.5. The maximum Gasteiger partial charge on any atom is 0.278 e. The number of aryl methyl sites for hydroxylation is 1. The summed E-state index contributed by atoms with van der Waals surface area (Å²) in [6.45, 7) is 1.77. The zero-order valence-corrected chi connectivity index (χ0v) is 12.4. The smallest absolute Gasteiger partial charge is 0.278 e. The Morgan fingerprint density at radius 3 is 2.64 bits per heavy atom. The van der Waals surface area contributed by atoms with Crippen molar-refractivity contribution in [3.8, 4) is 10.4 Å². The number of rotatable bonds is 3. The highest BCUT2D eigenvalue weighted by Crippen LogP contribution is 2.32. The van der Waals surface area contributed by atoms with Crippen molar-refractivity contribution in [1.29, 1.82) is 0 Å². The third-order valence-corrected chi connectivity index (χ3v) is 3.86. The molecule has 5 nitrogen and oxygen atoms in total. The van der Waals surface area contributed by atoms with Crippen molar-refractivity contribution in [2.24, 2.45) is 0 Å². The molecule has 22 heavy (non-hydrogen) atoms. The predicted molar refractivity (Wildman–Crippen MR) is 82.2 cm³/mol. The second-order valence-corrected chi connectivity index (χ2v) is 5.62. The van der Waals surface area contributed by atoms with E-state index in [4.69, 9.17) is 0 Å². The van der Waals surface area contributed by atoms with E-state index >= 15 is 0 Å². The lowest BCUT2D eigenvalue weighted by Gasteiger charge is -2.04. The first-order valence-electron chi connectivity index (χ1n) is 6.46. The van der Waals surface area contributed by atoms with Crippen LogP contribution in [-0.4, -0.2) is 20.9 Å². The number of halogens is 1. The molecule has 2 aromatic heterocycles. The highest BCUT2D eigenvalue weighted by atomic mass is 32.1. The molecule has 7 heteroatoms. The van der Waals surface area contributed by atoms with Crippen molar-refractivity contribution >= 4 is 23.2 Å². The summed E-state index contributed by atoms with van der Waals surface area (Å²) < 4.78 is 14.0. The van der Waals surface area contributed by atoms with Gasteiger partial charge in [-0.05, 0) is 19.1 Å². The van der Waals surface area contributed by atoms with Crippen LogP contribution < -0.4 is 5.32 Å². The molecule has 0 aliphatic heterocycles. The van der Waals surface area contributed by atoms with Crippen molar-refractivity contribution in [1.82, 2.24) is 15.0 Å². The molecule has 3 rings (SSSR count). The van der Waals surface area contributed by atoms with E-state index in [1.807, 2.05) is 0 Å². The minimum atomic E-state index is -0.464. The van der Waals surface area contributed by atoms with E-state index in [1.165, 1.54) is 29.8 Å². The molecule has 0 unspecified atom stereocenters. The van der Waals surface area contributed by atoms with Crippen LogP contribution in [0, 0.1) is 12.7 Å². The summed E-state index contributed by atoms with van der Waals surface area (Å²) in [6.07, 6.45) is 3.04. The van der Waals surface area contributed by atoms with E-state index < -0.39 is 11.7 Å². The van der Waals surface area contributed by atoms with E-state index in [9.17, 15) is 9.18 Å². The van der Waals surface area contributed by atoms with Gasteiger partial charge in [0, 0.05) is 18.0 Å². The molecule has 0 spiro atoms. The first-order chi connectivity index (χ1) is 10.6. The van der Waals surface area contributed by atoms with Gasteiger partial charge in [0.15, 0.2) is 0 Å². The maximum atomic E-state index is 14.0. The van der Waals surface area contributed by atoms with Crippen LogP contribution in [-0.2, 0) is 0 Å². The molecule has 1 aromatic carbocycles. The van der Waals surface area contributed by atoms with E-state index in [0.717, 1.165) is 0 Å². The van der Waals surface area contributed by atoms with Gasteiger partial charge in [-0.1, -0.05) is 18.2 Å². The van der Waals surface area contributed by atoms with Crippen LogP contribution in [0.5, 0.6) is 0 Å². The van der Waals surface area contributed by atoms with Gasteiger partial charge in [0.25, 0.3) is 5.91 Å².